The molecule has 6 heteroatoms. The summed E-state index contributed by atoms with van der Waals surface area (Å²) in [5, 5.41) is 3.25. The van der Waals surface area contributed by atoms with Crippen molar-refractivity contribution in [2.45, 2.75) is 31.8 Å². The third kappa shape index (κ3) is 3.76. The molecule has 1 N–H and O–H groups in total. The van der Waals surface area contributed by atoms with Gasteiger partial charge in [0.1, 0.15) is 5.75 Å². The number of pyridine rings is 1. The number of nitrogens with one attached hydrogen (secondary N) is 1. The molecule has 27 heavy (non-hydrogen) atoms. The zero-order valence-electron chi connectivity index (χ0n) is 15.7. The molecule has 3 aliphatic heterocycles. The van der Waals surface area contributed by atoms with E-state index in [2.05, 4.69) is 22.1 Å². The first-order chi connectivity index (χ1) is 13.1. The van der Waals surface area contributed by atoms with Crippen molar-refractivity contribution < 1.29 is 14.3 Å². The predicted molar refractivity (Wildman–Crippen MR) is 102 cm³/mol. The van der Waals surface area contributed by atoms with Gasteiger partial charge < -0.3 is 14.8 Å². The number of hydrogen-bond acceptors (Lipinski definition) is 5. The highest BCUT2D eigenvalue weighted by molar-refractivity contribution is 5.94. The van der Waals surface area contributed by atoms with E-state index < -0.39 is 0 Å². The number of amides is 1. The number of carbonyl (C=O) groups is 1. The number of aromatic nitrogens is 1. The van der Waals surface area contributed by atoms with Gasteiger partial charge in [0.05, 0.1) is 7.11 Å². The van der Waals surface area contributed by atoms with Crippen molar-refractivity contribution in [3.05, 3.63) is 48.0 Å². The first-order valence-electron chi connectivity index (χ1n) is 9.48. The number of benzene rings is 1. The fourth-order valence-electron chi connectivity index (χ4n) is 4.14. The maximum absolute atomic E-state index is 12.7. The van der Waals surface area contributed by atoms with Crippen LogP contribution in [-0.2, 0) is 0 Å². The molecular formula is C21H25N3O3. The van der Waals surface area contributed by atoms with Crippen LogP contribution in [0.15, 0.2) is 42.5 Å². The number of nitrogens with zero attached hydrogens (tertiary/aromatic N) is 2. The molecule has 3 saturated heterocycles. The highest BCUT2D eigenvalue weighted by Gasteiger charge is 2.40. The highest BCUT2D eigenvalue weighted by Crippen LogP contribution is 2.32. The van der Waals surface area contributed by atoms with Crippen LogP contribution in [0.5, 0.6) is 17.5 Å². The molecule has 6 nitrogen and oxygen atoms in total. The van der Waals surface area contributed by atoms with E-state index in [0.29, 0.717) is 35.0 Å². The number of fused-ring (bicyclic) bond motifs is 3. The average Bonchev–Trinajstić information content (AvgIpc) is 2.71. The number of methoxy groups -OCH3 is 1. The lowest BCUT2D eigenvalue weighted by atomic mass is 9.79. The highest BCUT2D eigenvalue weighted by atomic mass is 16.5. The molecule has 2 bridgehead atoms. The van der Waals surface area contributed by atoms with E-state index in [0.717, 1.165) is 13.1 Å². The molecule has 0 radical (unpaired) electrons. The van der Waals surface area contributed by atoms with Gasteiger partial charge in [-0.1, -0.05) is 6.07 Å². The quantitative estimate of drug-likeness (QED) is 0.880. The smallest absolute Gasteiger partial charge is 0.251 e. The van der Waals surface area contributed by atoms with Crippen LogP contribution in [0.3, 0.4) is 0 Å². The van der Waals surface area contributed by atoms with Gasteiger partial charge in [-0.15, -0.1) is 0 Å². The molecule has 1 aromatic heterocycles. The van der Waals surface area contributed by atoms with Gasteiger partial charge in [-0.2, -0.15) is 4.98 Å². The second kappa shape index (κ2) is 7.56. The van der Waals surface area contributed by atoms with Crippen LogP contribution >= 0.6 is 0 Å². The van der Waals surface area contributed by atoms with Gasteiger partial charge in [0.25, 0.3) is 5.91 Å². The normalized spacial score (nSPS) is 26.4. The molecule has 1 aromatic carbocycles. The Hall–Kier alpha value is -2.60. The molecule has 3 aliphatic rings. The molecule has 1 amide bonds. The van der Waals surface area contributed by atoms with Gasteiger partial charge in [-0.25, -0.2) is 0 Å². The van der Waals surface area contributed by atoms with Gasteiger partial charge in [-0.05, 0) is 63.0 Å². The third-order valence-electron chi connectivity index (χ3n) is 5.72. The zero-order chi connectivity index (χ0) is 18.8. The summed E-state index contributed by atoms with van der Waals surface area (Å²) < 4.78 is 10.8. The van der Waals surface area contributed by atoms with E-state index >= 15 is 0 Å². The molecular weight excluding hydrogens is 342 g/mol. The molecule has 0 unspecified atom stereocenters. The first-order valence-corrected chi connectivity index (χ1v) is 9.48. The zero-order valence-corrected chi connectivity index (χ0v) is 15.7. The van der Waals surface area contributed by atoms with E-state index in [1.807, 2.05) is 6.07 Å². The minimum atomic E-state index is -0.0216. The number of carbonyl (C=O) groups excluding carboxylic acids is 1. The number of piperidine rings is 3. The molecule has 0 saturated carbocycles. The lowest BCUT2D eigenvalue weighted by molar-refractivity contribution is 0.0217. The van der Waals surface area contributed by atoms with Crippen LogP contribution < -0.4 is 14.8 Å². The minimum Gasteiger partial charge on any atom is -0.481 e. The van der Waals surface area contributed by atoms with Gasteiger partial charge in [-0.3, -0.25) is 9.69 Å². The maximum atomic E-state index is 12.7. The van der Waals surface area contributed by atoms with Crippen molar-refractivity contribution in [2.75, 3.05) is 20.2 Å². The topological polar surface area (TPSA) is 63.7 Å². The molecule has 4 heterocycles. The van der Waals surface area contributed by atoms with E-state index in [4.69, 9.17) is 9.47 Å². The van der Waals surface area contributed by atoms with Crippen molar-refractivity contribution in [1.29, 1.82) is 0 Å². The fourth-order valence-corrected chi connectivity index (χ4v) is 4.14. The maximum Gasteiger partial charge on any atom is 0.251 e. The Balaban J connectivity index is 1.40. The Kier molecular flexibility index (Phi) is 4.99. The van der Waals surface area contributed by atoms with Crippen LogP contribution in [0, 0.1) is 5.92 Å². The second-order valence-corrected chi connectivity index (χ2v) is 7.26. The minimum absolute atomic E-state index is 0.0216. The summed E-state index contributed by atoms with van der Waals surface area (Å²) >= 11 is 0. The number of rotatable bonds is 5. The summed E-state index contributed by atoms with van der Waals surface area (Å²) in [4.78, 5) is 19.4. The summed E-state index contributed by atoms with van der Waals surface area (Å²) in [6, 6.07) is 13.1. The standard InChI is InChI=1S/C21H25N3O3/c1-14-20(15-10-12-24(14)13-11-15)23-21(25)16-6-8-17(9-7-16)27-19-5-3-4-18(22-19)26-2/h3-9,14-15,20H,10-13H2,1-2H3,(H,23,25)/t14-,20-/m0/s1. The molecule has 5 rings (SSSR count). The Morgan fingerprint density at radius 3 is 2.48 bits per heavy atom. The molecule has 3 fully saturated rings. The van der Waals surface area contributed by atoms with Crippen molar-refractivity contribution in [2.24, 2.45) is 5.92 Å². The third-order valence-corrected chi connectivity index (χ3v) is 5.72. The van der Waals surface area contributed by atoms with Crippen LogP contribution in [0.2, 0.25) is 0 Å². The van der Waals surface area contributed by atoms with Crippen LogP contribution in [0.1, 0.15) is 30.1 Å². The summed E-state index contributed by atoms with van der Waals surface area (Å²) in [5.74, 6) is 2.15. The average molecular weight is 367 g/mol. The molecule has 142 valence electrons. The van der Waals surface area contributed by atoms with Gasteiger partial charge in [0.2, 0.25) is 11.8 Å². The van der Waals surface area contributed by atoms with Crippen molar-refractivity contribution in [3.8, 4) is 17.5 Å². The summed E-state index contributed by atoms with van der Waals surface area (Å²) in [5.41, 5.74) is 0.643. The number of hydrogen-bond donors (Lipinski definition) is 1. The van der Waals surface area contributed by atoms with Crippen molar-refractivity contribution in [1.82, 2.24) is 15.2 Å². The molecule has 0 spiro atoms. The Morgan fingerprint density at radius 1 is 1.11 bits per heavy atom. The van der Waals surface area contributed by atoms with Gasteiger partial charge >= 0.3 is 0 Å². The van der Waals surface area contributed by atoms with Crippen LogP contribution in [0.25, 0.3) is 0 Å². The lowest BCUT2D eigenvalue weighted by Crippen LogP contribution is -2.62. The lowest BCUT2D eigenvalue weighted by Gasteiger charge is -2.49. The Labute approximate surface area is 159 Å². The summed E-state index contributed by atoms with van der Waals surface area (Å²) in [6.07, 6.45) is 2.35. The van der Waals surface area contributed by atoms with E-state index in [1.54, 1.807) is 43.5 Å². The van der Waals surface area contributed by atoms with Crippen LogP contribution in [0.4, 0.5) is 0 Å². The molecule has 0 aliphatic carbocycles. The van der Waals surface area contributed by atoms with E-state index in [1.165, 1.54) is 12.8 Å². The van der Waals surface area contributed by atoms with Crippen molar-refractivity contribution >= 4 is 5.91 Å². The monoisotopic (exact) mass is 367 g/mol. The fraction of sp³-hybridized carbons (Fsp3) is 0.429. The van der Waals surface area contributed by atoms with Gasteiger partial charge in [0.15, 0.2) is 0 Å². The SMILES string of the molecule is COc1cccc(Oc2ccc(C(=O)N[C@@H]3C4CCN(CC4)[C@H]3C)cc2)n1. The Morgan fingerprint density at radius 2 is 1.81 bits per heavy atom. The number of ether oxygens (including phenoxy) is 2. The predicted octanol–water partition coefficient (Wildman–Crippen LogP) is 3.10. The Bertz CT molecular complexity index is 799. The largest absolute Gasteiger partial charge is 0.481 e. The van der Waals surface area contributed by atoms with E-state index in [-0.39, 0.29) is 11.9 Å². The van der Waals surface area contributed by atoms with Crippen molar-refractivity contribution in [3.63, 3.8) is 0 Å². The first kappa shape index (κ1) is 17.8. The molecule has 2 aromatic rings. The van der Waals surface area contributed by atoms with E-state index in [9.17, 15) is 4.79 Å². The summed E-state index contributed by atoms with van der Waals surface area (Å²) in [7, 11) is 1.56. The molecule has 2 atom stereocenters. The van der Waals surface area contributed by atoms with Gasteiger partial charge in [0, 0.05) is 29.8 Å². The van der Waals surface area contributed by atoms with Crippen LogP contribution in [-0.4, -0.2) is 48.1 Å². The summed E-state index contributed by atoms with van der Waals surface area (Å²) in [6.45, 7) is 4.53. The second-order valence-electron chi connectivity index (χ2n) is 7.26.